The fourth-order valence-corrected chi connectivity index (χ4v) is 3.00. The third-order valence-electron chi connectivity index (χ3n) is 3.30. The monoisotopic (exact) mass is 329 g/mol. The highest BCUT2D eigenvalue weighted by molar-refractivity contribution is 7.99. The van der Waals surface area contributed by atoms with E-state index in [0.717, 1.165) is 21.8 Å². The first kappa shape index (κ1) is 15.6. The minimum Gasteiger partial charge on any atom is -0.349 e. The second-order valence-electron chi connectivity index (χ2n) is 5.03. The van der Waals surface area contributed by atoms with E-state index in [4.69, 9.17) is 0 Å². The highest BCUT2D eigenvalue weighted by Crippen LogP contribution is 2.18. The van der Waals surface area contributed by atoms with Crippen LogP contribution >= 0.6 is 11.8 Å². The van der Waals surface area contributed by atoms with Crippen LogP contribution in [-0.2, 0) is 11.3 Å². The number of H-pyrrole nitrogens is 1. The van der Waals surface area contributed by atoms with E-state index < -0.39 is 0 Å². The number of benzene rings is 2. The number of halogens is 1. The van der Waals surface area contributed by atoms with Gasteiger partial charge in [0.2, 0.25) is 5.91 Å². The first-order chi connectivity index (χ1) is 11.2. The Morgan fingerprint density at radius 2 is 1.96 bits per heavy atom. The first-order valence-electron chi connectivity index (χ1n) is 7.29. The number of carbonyl (C=O) groups excluding carboxylic acids is 1. The van der Waals surface area contributed by atoms with E-state index in [1.807, 2.05) is 24.3 Å². The van der Waals surface area contributed by atoms with Gasteiger partial charge < -0.3 is 10.3 Å². The van der Waals surface area contributed by atoms with Gasteiger partial charge in [0.25, 0.3) is 0 Å². The van der Waals surface area contributed by atoms with E-state index in [1.165, 1.54) is 23.9 Å². The van der Waals surface area contributed by atoms with Gasteiger partial charge >= 0.3 is 0 Å². The number of hydrogen-bond donors (Lipinski definition) is 2. The Morgan fingerprint density at radius 3 is 2.74 bits per heavy atom. The second-order valence-corrected chi connectivity index (χ2v) is 6.20. The molecule has 1 amide bonds. The molecule has 1 heterocycles. The second kappa shape index (κ2) is 7.28. The highest BCUT2D eigenvalue weighted by atomic mass is 32.2. The Labute approximate surface area is 137 Å². The van der Waals surface area contributed by atoms with Crippen molar-refractivity contribution >= 4 is 28.7 Å². The summed E-state index contributed by atoms with van der Waals surface area (Å²) in [5.74, 6) is 1.11. The molecular formula is C17H16FN3OS. The maximum absolute atomic E-state index is 12.8. The van der Waals surface area contributed by atoms with Gasteiger partial charge in [0, 0.05) is 17.1 Å². The average molecular weight is 329 g/mol. The van der Waals surface area contributed by atoms with E-state index in [-0.39, 0.29) is 11.7 Å². The molecule has 3 rings (SSSR count). The first-order valence-corrected chi connectivity index (χ1v) is 8.28. The predicted molar refractivity (Wildman–Crippen MR) is 89.7 cm³/mol. The van der Waals surface area contributed by atoms with Crippen molar-refractivity contribution < 1.29 is 9.18 Å². The van der Waals surface area contributed by atoms with Gasteiger partial charge in [0.1, 0.15) is 11.6 Å². The van der Waals surface area contributed by atoms with E-state index >= 15 is 0 Å². The summed E-state index contributed by atoms with van der Waals surface area (Å²) in [4.78, 5) is 20.4. The lowest BCUT2D eigenvalue weighted by Crippen LogP contribution is -2.23. The van der Waals surface area contributed by atoms with Gasteiger partial charge in [0.15, 0.2) is 0 Å². The van der Waals surface area contributed by atoms with Crippen LogP contribution in [0.2, 0.25) is 0 Å². The predicted octanol–water partition coefficient (Wildman–Crippen LogP) is 3.50. The van der Waals surface area contributed by atoms with E-state index in [0.29, 0.717) is 18.7 Å². The Hall–Kier alpha value is -2.34. The summed E-state index contributed by atoms with van der Waals surface area (Å²) in [6.07, 6.45) is 0.405. The molecule has 3 aromatic rings. The molecule has 0 saturated heterocycles. The van der Waals surface area contributed by atoms with Crippen LogP contribution in [0, 0.1) is 5.82 Å². The zero-order chi connectivity index (χ0) is 16.1. The molecule has 1 aromatic heterocycles. The van der Waals surface area contributed by atoms with Crippen molar-refractivity contribution in [1.29, 1.82) is 0 Å². The molecule has 0 saturated carbocycles. The lowest BCUT2D eigenvalue weighted by molar-refractivity contribution is -0.120. The number of aromatic amines is 1. The lowest BCUT2D eigenvalue weighted by Gasteiger charge is -2.03. The Bertz CT molecular complexity index is 768. The van der Waals surface area contributed by atoms with Crippen LogP contribution in [0.4, 0.5) is 4.39 Å². The average Bonchev–Trinajstić information content (AvgIpc) is 2.98. The summed E-state index contributed by atoms with van der Waals surface area (Å²) < 4.78 is 12.8. The molecule has 0 unspecified atom stereocenters. The Morgan fingerprint density at radius 1 is 1.17 bits per heavy atom. The third-order valence-corrected chi connectivity index (χ3v) is 4.32. The minimum absolute atomic E-state index is 0.0277. The van der Waals surface area contributed by atoms with E-state index in [9.17, 15) is 9.18 Å². The molecular weight excluding hydrogens is 313 g/mol. The van der Waals surface area contributed by atoms with Gasteiger partial charge in [-0.25, -0.2) is 9.37 Å². The van der Waals surface area contributed by atoms with Gasteiger partial charge in [-0.15, -0.1) is 11.8 Å². The van der Waals surface area contributed by atoms with E-state index in [1.54, 1.807) is 12.1 Å². The number of hydrogen-bond acceptors (Lipinski definition) is 3. The van der Waals surface area contributed by atoms with Gasteiger partial charge in [-0.05, 0) is 36.4 Å². The molecule has 118 valence electrons. The summed E-state index contributed by atoms with van der Waals surface area (Å²) in [6.45, 7) is 0.384. The van der Waals surface area contributed by atoms with Crippen molar-refractivity contribution in [3.63, 3.8) is 0 Å². The van der Waals surface area contributed by atoms with Crippen LogP contribution in [0.25, 0.3) is 11.0 Å². The largest absolute Gasteiger partial charge is 0.349 e. The molecule has 0 aliphatic heterocycles. The van der Waals surface area contributed by atoms with Crippen molar-refractivity contribution in [3.8, 4) is 0 Å². The molecule has 0 radical (unpaired) electrons. The minimum atomic E-state index is -0.252. The summed E-state index contributed by atoms with van der Waals surface area (Å²) >= 11 is 1.53. The summed E-state index contributed by atoms with van der Waals surface area (Å²) in [7, 11) is 0. The van der Waals surface area contributed by atoms with Crippen molar-refractivity contribution in [3.05, 3.63) is 60.2 Å². The Balaban J connectivity index is 1.43. The van der Waals surface area contributed by atoms with Gasteiger partial charge in [-0.1, -0.05) is 12.1 Å². The quantitative estimate of drug-likeness (QED) is 0.681. The van der Waals surface area contributed by atoms with Crippen LogP contribution in [0.3, 0.4) is 0 Å². The van der Waals surface area contributed by atoms with Crippen LogP contribution in [0.5, 0.6) is 0 Å². The number of nitrogens with zero attached hydrogens (tertiary/aromatic N) is 1. The number of aromatic nitrogens is 2. The van der Waals surface area contributed by atoms with Crippen LogP contribution in [0.1, 0.15) is 12.2 Å². The van der Waals surface area contributed by atoms with Gasteiger partial charge in [0.05, 0.1) is 17.6 Å². The van der Waals surface area contributed by atoms with Crippen LogP contribution < -0.4 is 5.32 Å². The molecule has 0 fully saturated rings. The van der Waals surface area contributed by atoms with Crippen molar-refractivity contribution in [1.82, 2.24) is 15.3 Å². The number of fused-ring (bicyclic) bond motifs is 1. The molecule has 0 spiro atoms. The van der Waals surface area contributed by atoms with E-state index in [2.05, 4.69) is 15.3 Å². The normalized spacial score (nSPS) is 10.8. The molecule has 6 heteroatoms. The Kier molecular flexibility index (Phi) is 4.92. The molecule has 0 atom stereocenters. The van der Waals surface area contributed by atoms with Crippen molar-refractivity contribution in [2.75, 3.05) is 5.75 Å². The number of imidazole rings is 1. The van der Waals surface area contributed by atoms with Crippen LogP contribution in [-0.4, -0.2) is 21.6 Å². The zero-order valence-corrected chi connectivity index (χ0v) is 13.2. The fourth-order valence-electron chi connectivity index (χ4n) is 2.15. The molecule has 0 bridgehead atoms. The zero-order valence-electron chi connectivity index (χ0n) is 12.4. The van der Waals surface area contributed by atoms with Crippen LogP contribution in [0.15, 0.2) is 53.4 Å². The maximum Gasteiger partial charge on any atom is 0.221 e. The topological polar surface area (TPSA) is 57.8 Å². The number of carbonyl (C=O) groups is 1. The smallest absolute Gasteiger partial charge is 0.221 e. The number of para-hydroxylation sites is 2. The lowest BCUT2D eigenvalue weighted by atomic mass is 10.3. The molecule has 0 aliphatic carbocycles. The molecule has 0 aliphatic rings. The summed E-state index contributed by atoms with van der Waals surface area (Å²) in [5, 5.41) is 2.85. The maximum atomic E-state index is 12.8. The highest BCUT2D eigenvalue weighted by Gasteiger charge is 2.05. The molecule has 4 nitrogen and oxygen atoms in total. The fraction of sp³-hybridized carbons (Fsp3) is 0.176. The molecule has 2 aromatic carbocycles. The number of amides is 1. The van der Waals surface area contributed by atoms with Crippen molar-refractivity contribution in [2.45, 2.75) is 17.9 Å². The SMILES string of the molecule is O=C(CCSc1ccc(F)cc1)NCc1nc2ccccc2[nH]1. The molecule has 23 heavy (non-hydrogen) atoms. The number of thioether (sulfide) groups is 1. The van der Waals surface area contributed by atoms with Gasteiger partial charge in [-0.3, -0.25) is 4.79 Å². The summed E-state index contributed by atoms with van der Waals surface area (Å²) in [5.41, 5.74) is 1.85. The van der Waals surface area contributed by atoms with Crippen molar-refractivity contribution in [2.24, 2.45) is 0 Å². The standard InChI is InChI=1S/C17H16FN3OS/c18-12-5-7-13(8-6-12)23-10-9-17(22)19-11-16-20-14-3-1-2-4-15(14)21-16/h1-8H,9-11H2,(H,19,22)(H,20,21). The number of nitrogens with one attached hydrogen (secondary N) is 2. The third kappa shape index (κ3) is 4.32. The van der Waals surface area contributed by atoms with Gasteiger partial charge in [-0.2, -0.15) is 0 Å². The molecule has 2 N–H and O–H groups in total. The number of rotatable bonds is 6. The summed E-state index contributed by atoms with van der Waals surface area (Å²) in [6, 6.07) is 14.0.